The van der Waals surface area contributed by atoms with Crippen LogP contribution in [0.5, 0.6) is 0 Å². The quantitative estimate of drug-likeness (QED) is 0.433. The second-order valence-electron chi connectivity index (χ2n) is 7.41. The van der Waals surface area contributed by atoms with E-state index in [9.17, 15) is 0 Å². The van der Waals surface area contributed by atoms with Crippen molar-refractivity contribution in [2.45, 2.75) is 11.1 Å². The molecule has 0 saturated carbocycles. The van der Waals surface area contributed by atoms with Gasteiger partial charge >= 0.3 is 0 Å². The van der Waals surface area contributed by atoms with Crippen molar-refractivity contribution in [1.29, 1.82) is 0 Å². The van der Waals surface area contributed by atoms with E-state index in [4.69, 9.17) is 17.0 Å². The summed E-state index contributed by atoms with van der Waals surface area (Å²) in [6.45, 7) is 0. The van der Waals surface area contributed by atoms with Crippen LogP contribution in [0.25, 0.3) is 0 Å². The van der Waals surface area contributed by atoms with Crippen molar-refractivity contribution in [3.63, 3.8) is 0 Å². The number of hydrogen-bond donors (Lipinski definition) is 1. The summed E-state index contributed by atoms with van der Waals surface area (Å²) in [6.07, 6.45) is 0. The summed E-state index contributed by atoms with van der Waals surface area (Å²) in [6, 6.07) is 41.5. The molecule has 0 amide bonds. The summed E-state index contributed by atoms with van der Waals surface area (Å²) in [7, 11) is 0. The van der Waals surface area contributed by atoms with Crippen LogP contribution in [-0.4, -0.2) is 5.17 Å². The van der Waals surface area contributed by atoms with Crippen molar-refractivity contribution < 1.29 is 4.74 Å². The van der Waals surface area contributed by atoms with Crippen LogP contribution in [0.4, 0.5) is 0 Å². The number of rotatable bonds is 4. The molecule has 4 aromatic rings. The first-order chi connectivity index (χ1) is 14.8. The number of thiocarbonyl (C=S) groups is 1. The van der Waals surface area contributed by atoms with Gasteiger partial charge in [0.15, 0.2) is 5.60 Å². The molecule has 2 nitrogen and oxygen atoms in total. The SMILES string of the molecule is S=C1NC(c2ccccc2)(c2ccccc2)C(c2ccccc2)(c2ccccc2)O1. The highest BCUT2D eigenvalue weighted by atomic mass is 32.1. The summed E-state index contributed by atoms with van der Waals surface area (Å²) >= 11 is 5.68. The Morgan fingerprint density at radius 3 is 1.20 bits per heavy atom. The first-order valence-electron chi connectivity index (χ1n) is 10.0. The van der Waals surface area contributed by atoms with Gasteiger partial charge in [0, 0.05) is 11.1 Å². The van der Waals surface area contributed by atoms with Gasteiger partial charge in [-0.05, 0) is 23.3 Å². The molecule has 3 heteroatoms. The van der Waals surface area contributed by atoms with Gasteiger partial charge in [-0.1, -0.05) is 121 Å². The van der Waals surface area contributed by atoms with E-state index in [1.165, 1.54) is 0 Å². The van der Waals surface area contributed by atoms with E-state index >= 15 is 0 Å². The zero-order valence-corrected chi connectivity index (χ0v) is 17.2. The van der Waals surface area contributed by atoms with Crippen LogP contribution in [0.2, 0.25) is 0 Å². The fourth-order valence-electron chi connectivity index (χ4n) is 4.64. The van der Waals surface area contributed by atoms with Crippen LogP contribution in [-0.2, 0) is 15.9 Å². The molecule has 1 N–H and O–H groups in total. The molecule has 1 heterocycles. The van der Waals surface area contributed by atoms with E-state index in [1.807, 2.05) is 48.5 Å². The van der Waals surface area contributed by atoms with Gasteiger partial charge in [0.1, 0.15) is 5.54 Å². The predicted octanol–water partition coefficient (Wildman–Crippen LogP) is 5.78. The molecule has 0 atom stereocenters. The van der Waals surface area contributed by atoms with Gasteiger partial charge in [0.2, 0.25) is 0 Å². The van der Waals surface area contributed by atoms with Crippen molar-refractivity contribution in [2.75, 3.05) is 0 Å². The summed E-state index contributed by atoms with van der Waals surface area (Å²) in [4.78, 5) is 0. The lowest BCUT2D eigenvalue weighted by atomic mass is 9.64. The van der Waals surface area contributed by atoms with Crippen LogP contribution < -0.4 is 5.32 Å². The molecule has 0 unspecified atom stereocenters. The Labute approximate surface area is 182 Å². The minimum absolute atomic E-state index is 0.385. The lowest BCUT2D eigenvalue weighted by Gasteiger charge is -2.44. The Balaban J connectivity index is 1.94. The topological polar surface area (TPSA) is 21.3 Å². The highest BCUT2D eigenvalue weighted by Gasteiger charge is 2.63. The predicted molar refractivity (Wildman–Crippen MR) is 124 cm³/mol. The third-order valence-electron chi connectivity index (χ3n) is 5.84. The molecule has 0 aliphatic carbocycles. The van der Waals surface area contributed by atoms with Gasteiger partial charge in [-0.2, -0.15) is 0 Å². The molecule has 146 valence electrons. The maximum Gasteiger partial charge on any atom is 0.259 e. The molecule has 5 rings (SSSR count). The minimum Gasteiger partial charge on any atom is -0.451 e. The molecule has 0 aromatic heterocycles. The van der Waals surface area contributed by atoms with Gasteiger partial charge in [-0.25, -0.2) is 0 Å². The van der Waals surface area contributed by atoms with Crippen molar-refractivity contribution >= 4 is 17.4 Å². The van der Waals surface area contributed by atoms with Gasteiger partial charge in [0.25, 0.3) is 5.17 Å². The lowest BCUT2D eigenvalue weighted by molar-refractivity contribution is 0.0700. The molecule has 1 aliphatic heterocycles. The average molecular weight is 408 g/mol. The maximum atomic E-state index is 6.67. The summed E-state index contributed by atoms with van der Waals surface area (Å²) < 4.78 is 6.67. The highest BCUT2D eigenvalue weighted by molar-refractivity contribution is 7.80. The summed E-state index contributed by atoms with van der Waals surface area (Å²) in [5.74, 6) is 0. The van der Waals surface area contributed by atoms with E-state index < -0.39 is 11.1 Å². The van der Waals surface area contributed by atoms with Gasteiger partial charge in [0.05, 0.1) is 0 Å². The first-order valence-corrected chi connectivity index (χ1v) is 10.4. The second kappa shape index (κ2) is 7.43. The Bertz CT molecular complexity index is 973. The second-order valence-corrected chi connectivity index (χ2v) is 7.78. The zero-order chi connectivity index (χ0) is 20.4. The number of ether oxygens (including phenoxy) is 1. The summed E-state index contributed by atoms with van der Waals surface area (Å²) in [5.41, 5.74) is 2.63. The van der Waals surface area contributed by atoms with Crippen molar-refractivity contribution in [3.05, 3.63) is 144 Å². The molecule has 0 spiro atoms. The normalized spacial score (nSPS) is 16.5. The van der Waals surface area contributed by atoms with Gasteiger partial charge in [-0.15, -0.1) is 0 Å². The maximum absolute atomic E-state index is 6.67. The molecule has 1 saturated heterocycles. The third kappa shape index (κ3) is 2.66. The van der Waals surface area contributed by atoms with Crippen molar-refractivity contribution in [3.8, 4) is 0 Å². The Hall–Kier alpha value is -3.43. The molecule has 0 bridgehead atoms. The lowest BCUT2D eigenvalue weighted by Crippen LogP contribution is -2.54. The largest absolute Gasteiger partial charge is 0.451 e. The Kier molecular flexibility index (Phi) is 4.61. The Morgan fingerprint density at radius 2 is 0.833 bits per heavy atom. The molecular weight excluding hydrogens is 386 g/mol. The van der Waals surface area contributed by atoms with Crippen LogP contribution in [0.1, 0.15) is 22.3 Å². The first kappa shape index (κ1) is 18.6. The van der Waals surface area contributed by atoms with Crippen molar-refractivity contribution in [1.82, 2.24) is 5.32 Å². The smallest absolute Gasteiger partial charge is 0.259 e. The van der Waals surface area contributed by atoms with E-state index in [2.05, 4.69) is 78.1 Å². The highest BCUT2D eigenvalue weighted by Crippen LogP contribution is 2.55. The van der Waals surface area contributed by atoms with Crippen LogP contribution in [0, 0.1) is 0 Å². The number of nitrogens with one attached hydrogen (secondary N) is 1. The average Bonchev–Trinajstić information content (AvgIpc) is 3.16. The molecule has 1 aliphatic rings. The third-order valence-corrected chi connectivity index (χ3v) is 6.02. The van der Waals surface area contributed by atoms with E-state index in [0.29, 0.717) is 5.17 Å². The molecule has 30 heavy (non-hydrogen) atoms. The van der Waals surface area contributed by atoms with Gasteiger partial charge in [-0.3, -0.25) is 0 Å². The number of hydrogen-bond acceptors (Lipinski definition) is 2. The minimum atomic E-state index is -0.880. The fraction of sp³-hybridized carbons (Fsp3) is 0.0741. The fourth-order valence-corrected chi connectivity index (χ4v) is 4.92. The van der Waals surface area contributed by atoms with Crippen LogP contribution in [0.15, 0.2) is 121 Å². The van der Waals surface area contributed by atoms with E-state index in [0.717, 1.165) is 22.3 Å². The number of benzene rings is 4. The standard InChI is InChI=1S/C27H21NOS/c30-25-28-26(21-13-5-1-6-14-21,22-15-7-2-8-16-22)27(29-25,23-17-9-3-10-18-23)24-19-11-4-12-20-24/h1-20H,(H,28,30). The van der Waals surface area contributed by atoms with E-state index in [1.54, 1.807) is 0 Å². The van der Waals surface area contributed by atoms with Gasteiger partial charge < -0.3 is 10.1 Å². The van der Waals surface area contributed by atoms with Crippen molar-refractivity contribution in [2.24, 2.45) is 0 Å². The molecule has 1 fully saturated rings. The van der Waals surface area contributed by atoms with E-state index in [-0.39, 0.29) is 0 Å². The van der Waals surface area contributed by atoms with Crippen LogP contribution in [0.3, 0.4) is 0 Å². The zero-order valence-electron chi connectivity index (χ0n) is 16.4. The summed E-state index contributed by atoms with van der Waals surface area (Å²) in [5, 5.41) is 3.98. The molecular formula is C27H21NOS. The molecule has 0 radical (unpaired) electrons. The molecule has 4 aromatic carbocycles. The Morgan fingerprint density at radius 1 is 0.500 bits per heavy atom. The monoisotopic (exact) mass is 407 g/mol. The van der Waals surface area contributed by atoms with Crippen LogP contribution >= 0.6 is 12.2 Å².